The highest BCUT2D eigenvalue weighted by Crippen LogP contribution is 2.36. The predicted octanol–water partition coefficient (Wildman–Crippen LogP) is 2.72. The number of benzene rings is 2. The largest absolute Gasteiger partial charge is 0.493 e. The van der Waals surface area contributed by atoms with Crippen molar-refractivity contribution in [1.29, 1.82) is 0 Å². The molecule has 1 amide bonds. The van der Waals surface area contributed by atoms with E-state index in [1.54, 1.807) is 7.11 Å². The molecule has 0 bridgehead atoms. The number of fused-ring (bicyclic) bond motifs is 1. The molecule has 1 fully saturated rings. The van der Waals surface area contributed by atoms with Gasteiger partial charge in [0.05, 0.1) is 12.6 Å². The minimum absolute atomic E-state index is 0.110. The van der Waals surface area contributed by atoms with Crippen LogP contribution in [0.25, 0.3) is 10.9 Å². The number of carbonyl (C=O) groups excluding carboxylic acids is 1. The summed E-state index contributed by atoms with van der Waals surface area (Å²) in [5.41, 5.74) is 8.21. The van der Waals surface area contributed by atoms with Crippen molar-refractivity contribution in [1.82, 2.24) is 15.3 Å². The van der Waals surface area contributed by atoms with Crippen molar-refractivity contribution in [3.05, 3.63) is 53.9 Å². The topological polar surface area (TPSA) is 111 Å². The van der Waals surface area contributed by atoms with E-state index in [1.165, 1.54) is 6.33 Å². The van der Waals surface area contributed by atoms with Crippen LogP contribution in [0, 0.1) is 6.92 Å². The molecular weight excluding hydrogens is 394 g/mol. The Morgan fingerprint density at radius 1 is 1.19 bits per heavy atom. The molecule has 31 heavy (non-hydrogen) atoms. The Balaban J connectivity index is 1.71. The van der Waals surface area contributed by atoms with Crippen molar-refractivity contribution in [2.75, 3.05) is 25.5 Å². The van der Waals surface area contributed by atoms with Gasteiger partial charge in [-0.25, -0.2) is 9.97 Å². The number of aromatic nitrogens is 2. The van der Waals surface area contributed by atoms with Crippen molar-refractivity contribution >= 4 is 22.6 Å². The standard InChI is InChI=1S/C23H27N5O3/c1-14-4-3-5-15(10-14)21(22(24)29)28-23-17-11-20(31-16-6-8-25-9-7-16)19(30-2)12-18(17)26-13-27-23/h3-5,10-13,16,21,25H,6-9H2,1-2H3,(H2,24,29)(H,26,27,28). The van der Waals surface area contributed by atoms with Gasteiger partial charge < -0.3 is 25.8 Å². The molecule has 1 saturated heterocycles. The van der Waals surface area contributed by atoms with Crippen LogP contribution >= 0.6 is 0 Å². The molecule has 1 aliphatic rings. The van der Waals surface area contributed by atoms with E-state index in [2.05, 4.69) is 20.6 Å². The van der Waals surface area contributed by atoms with Crippen LogP contribution in [0.3, 0.4) is 0 Å². The second kappa shape index (κ2) is 9.18. The number of hydrogen-bond acceptors (Lipinski definition) is 7. The lowest BCUT2D eigenvalue weighted by molar-refractivity contribution is -0.118. The van der Waals surface area contributed by atoms with E-state index in [0.29, 0.717) is 22.8 Å². The molecular formula is C23H27N5O3. The van der Waals surface area contributed by atoms with E-state index in [0.717, 1.165) is 42.4 Å². The maximum atomic E-state index is 12.2. The third-order valence-corrected chi connectivity index (χ3v) is 5.44. The van der Waals surface area contributed by atoms with Gasteiger partial charge in [0.2, 0.25) is 5.91 Å². The molecule has 8 nitrogen and oxygen atoms in total. The third kappa shape index (κ3) is 4.69. The lowest BCUT2D eigenvalue weighted by Gasteiger charge is -2.25. The van der Waals surface area contributed by atoms with E-state index in [4.69, 9.17) is 15.2 Å². The van der Waals surface area contributed by atoms with Crippen LogP contribution in [-0.2, 0) is 4.79 Å². The minimum Gasteiger partial charge on any atom is -0.493 e. The maximum Gasteiger partial charge on any atom is 0.244 e. The molecule has 2 aromatic carbocycles. The van der Waals surface area contributed by atoms with Crippen LogP contribution in [0.2, 0.25) is 0 Å². The average Bonchev–Trinajstić information content (AvgIpc) is 2.77. The first-order valence-electron chi connectivity index (χ1n) is 10.4. The number of primary amides is 1. The number of ether oxygens (including phenoxy) is 2. The summed E-state index contributed by atoms with van der Waals surface area (Å²) in [5.74, 6) is 1.26. The first kappa shape index (κ1) is 20.9. The number of piperidine rings is 1. The molecule has 0 spiro atoms. The first-order valence-corrected chi connectivity index (χ1v) is 10.4. The SMILES string of the molecule is COc1cc2ncnc(NC(C(N)=O)c3cccc(C)c3)c2cc1OC1CCNCC1. The second-order valence-electron chi connectivity index (χ2n) is 7.70. The van der Waals surface area contributed by atoms with Crippen LogP contribution in [0.4, 0.5) is 5.82 Å². The molecule has 1 aliphatic heterocycles. The van der Waals surface area contributed by atoms with Gasteiger partial charge in [0.15, 0.2) is 11.5 Å². The van der Waals surface area contributed by atoms with Gasteiger partial charge in [-0.3, -0.25) is 4.79 Å². The lowest BCUT2D eigenvalue weighted by Crippen LogP contribution is -2.34. The summed E-state index contributed by atoms with van der Waals surface area (Å²) >= 11 is 0. The van der Waals surface area contributed by atoms with E-state index in [-0.39, 0.29) is 6.10 Å². The number of rotatable bonds is 7. The van der Waals surface area contributed by atoms with Gasteiger partial charge in [-0.05, 0) is 44.5 Å². The molecule has 0 aliphatic carbocycles. The Kier molecular flexibility index (Phi) is 6.18. The first-order chi connectivity index (χ1) is 15.0. The van der Waals surface area contributed by atoms with Crippen molar-refractivity contribution < 1.29 is 14.3 Å². The van der Waals surface area contributed by atoms with Crippen LogP contribution < -0.4 is 25.8 Å². The summed E-state index contributed by atoms with van der Waals surface area (Å²) < 4.78 is 11.8. The van der Waals surface area contributed by atoms with E-state index in [1.807, 2.05) is 43.3 Å². The van der Waals surface area contributed by atoms with Crippen LogP contribution in [0.15, 0.2) is 42.7 Å². The van der Waals surface area contributed by atoms with Gasteiger partial charge in [-0.15, -0.1) is 0 Å². The van der Waals surface area contributed by atoms with Crippen LogP contribution in [-0.4, -0.2) is 42.2 Å². The molecule has 3 aromatic rings. The number of hydrogen-bond donors (Lipinski definition) is 3. The molecule has 1 unspecified atom stereocenters. The zero-order valence-electron chi connectivity index (χ0n) is 17.7. The van der Waals surface area contributed by atoms with Gasteiger partial charge in [-0.1, -0.05) is 29.8 Å². The van der Waals surface area contributed by atoms with E-state index < -0.39 is 11.9 Å². The fourth-order valence-corrected chi connectivity index (χ4v) is 3.83. The zero-order valence-corrected chi connectivity index (χ0v) is 17.7. The van der Waals surface area contributed by atoms with Gasteiger partial charge >= 0.3 is 0 Å². The van der Waals surface area contributed by atoms with E-state index in [9.17, 15) is 4.79 Å². The third-order valence-electron chi connectivity index (χ3n) is 5.44. The predicted molar refractivity (Wildman–Crippen MR) is 119 cm³/mol. The van der Waals surface area contributed by atoms with Crippen molar-refractivity contribution in [2.45, 2.75) is 31.9 Å². The number of carbonyl (C=O) groups is 1. The fourth-order valence-electron chi connectivity index (χ4n) is 3.83. The number of aryl methyl sites for hydroxylation is 1. The quantitative estimate of drug-likeness (QED) is 0.538. The monoisotopic (exact) mass is 421 g/mol. The summed E-state index contributed by atoms with van der Waals surface area (Å²) in [6, 6.07) is 10.6. The molecule has 0 saturated carbocycles. The van der Waals surface area contributed by atoms with Gasteiger partial charge in [0, 0.05) is 11.5 Å². The number of nitrogens with zero attached hydrogens (tertiary/aromatic N) is 2. The van der Waals surface area contributed by atoms with Gasteiger partial charge in [0.25, 0.3) is 0 Å². The summed E-state index contributed by atoms with van der Waals surface area (Å²) in [7, 11) is 1.61. The van der Waals surface area contributed by atoms with Crippen LogP contribution in [0.5, 0.6) is 11.5 Å². The van der Waals surface area contributed by atoms with Crippen molar-refractivity contribution in [2.24, 2.45) is 5.73 Å². The fraction of sp³-hybridized carbons (Fsp3) is 0.348. The molecule has 1 aromatic heterocycles. The Labute approximate surface area is 181 Å². The number of amides is 1. The van der Waals surface area contributed by atoms with Crippen LogP contribution in [0.1, 0.15) is 30.0 Å². The Morgan fingerprint density at radius 2 is 2.00 bits per heavy atom. The Morgan fingerprint density at radius 3 is 2.71 bits per heavy atom. The number of nitrogens with one attached hydrogen (secondary N) is 2. The second-order valence-corrected chi connectivity index (χ2v) is 7.70. The Hall–Kier alpha value is -3.39. The number of nitrogens with two attached hydrogens (primary N) is 1. The Bertz CT molecular complexity index is 1080. The molecule has 4 N–H and O–H groups in total. The van der Waals surface area contributed by atoms with Crippen molar-refractivity contribution in [3.8, 4) is 11.5 Å². The molecule has 4 rings (SSSR count). The number of anilines is 1. The van der Waals surface area contributed by atoms with Crippen molar-refractivity contribution in [3.63, 3.8) is 0 Å². The summed E-state index contributed by atoms with van der Waals surface area (Å²) in [4.78, 5) is 21.0. The zero-order chi connectivity index (χ0) is 21.8. The number of methoxy groups -OCH3 is 1. The summed E-state index contributed by atoms with van der Waals surface area (Å²) in [5, 5.41) is 7.26. The summed E-state index contributed by atoms with van der Waals surface area (Å²) in [6.07, 6.45) is 3.41. The normalized spacial score (nSPS) is 15.4. The maximum absolute atomic E-state index is 12.2. The molecule has 162 valence electrons. The highest BCUT2D eigenvalue weighted by Gasteiger charge is 2.22. The molecule has 1 atom stereocenters. The smallest absolute Gasteiger partial charge is 0.244 e. The molecule has 8 heteroatoms. The lowest BCUT2D eigenvalue weighted by atomic mass is 10.0. The highest BCUT2D eigenvalue weighted by molar-refractivity contribution is 5.94. The molecule has 2 heterocycles. The summed E-state index contributed by atoms with van der Waals surface area (Å²) in [6.45, 7) is 3.82. The molecule has 0 radical (unpaired) electrons. The van der Waals surface area contributed by atoms with E-state index >= 15 is 0 Å². The van der Waals surface area contributed by atoms with Gasteiger partial charge in [0.1, 0.15) is 24.3 Å². The average molecular weight is 422 g/mol. The highest BCUT2D eigenvalue weighted by atomic mass is 16.5. The van der Waals surface area contributed by atoms with Gasteiger partial charge in [-0.2, -0.15) is 0 Å². The minimum atomic E-state index is -0.728.